The smallest absolute Gasteiger partial charge is 0.160 e. The van der Waals surface area contributed by atoms with Crippen molar-refractivity contribution in [3.63, 3.8) is 0 Å². The molecule has 1 aliphatic heterocycles. The van der Waals surface area contributed by atoms with Gasteiger partial charge in [-0.1, -0.05) is 30.3 Å². The van der Waals surface area contributed by atoms with E-state index in [1.165, 1.54) is 5.56 Å². The molecule has 2 aromatic heterocycles. The third-order valence-electron chi connectivity index (χ3n) is 4.41. The molecule has 0 spiro atoms. The van der Waals surface area contributed by atoms with Crippen LogP contribution in [0.5, 0.6) is 0 Å². The summed E-state index contributed by atoms with van der Waals surface area (Å²) in [6, 6.07) is 10.6. The van der Waals surface area contributed by atoms with Crippen LogP contribution in [0, 0.1) is 6.92 Å². The molecule has 6 nitrogen and oxygen atoms in total. The lowest BCUT2D eigenvalue weighted by atomic mass is 10.2. The fraction of sp³-hybridized carbons (Fsp3) is 0.353. The molecular weight excluding hydrogens is 288 g/mol. The second-order valence-electron chi connectivity index (χ2n) is 5.99. The summed E-state index contributed by atoms with van der Waals surface area (Å²) in [5, 5.41) is 7.38. The summed E-state index contributed by atoms with van der Waals surface area (Å²) in [6.07, 6.45) is 1.64. The van der Waals surface area contributed by atoms with Gasteiger partial charge in [0.25, 0.3) is 0 Å². The maximum absolute atomic E-state index is 4.47. The molecule has 1 saturated heterocycles. The van der Waals surface area contributed by atoms with Gasteiger partial charge in [0.2, 0.25) is 0 Å². The maximum atomic E-state index is 4.47. The van der Waals surface area contributed by atoms with Gasteiger partial charge in [0.05, 0.1) is 5.69 Å². The average molecular weight is 308 g/mol. The zero-order chi connectivity index (χ0) is 15.6. The van der Waals surface area contributed by atoms with E-state index in [1.807, 2.05) is 6.92 Å². The van der Waals surface area contributed by atoms with Crippen molar-refractivity contribution in [3.8, 4) is 0 Å². The van der Waals surface area contributed by atoms with Crippen molar-refractivity contribution >= 4 is 16.9 Å². The predicted molar refractivity (Wildman–Crippen MR) is 90.4 cm³/mol. The zero-order valence-electron chi connectivity index (χ0n) is 13.2. The molecule has 118 valence electrons. The lowest BCUT2D eigenvalue weighted by Gasteiger charge is -2.35. The fourth-order valence-electron chi connectivity index (χ4n) is 3.13. The Morgan fingerprint density at radius 2 is 1.78 bits per heavy atom. The monoisotopic (exact) mass is 308 g/mol. The lowest BCUT2D eigenvalue weighted by Crippen LogP contribution is -2.46. The minimum atomic E-state index is 0.876. The standard InChI is InChI=1S/C17H20N6/c1-13-15-16(21-20-13)17(19-12-18-15)23-9-7-22(8-10-23)11-14-5-3-2-4-6-14/h2-6,12H,7-11H2,1H3,(H,20,21). The fourth-order valence-corrected chi connectivity index (χ4v) is 3.13. The number of hydrogen-bond donors (Lipinski definition) is 1. The van der Waals surface area contributed by atoms with Gasteiger partial charge >= 0.3 is 0 Å². The first kappa shape index (κ1) is 14.1. The SMILES string of the molecule is Cc1[nH]nc2c(N3CCN(Cc4ccccc4)CC3)ncnc12. The van der Waals surface area contributed by atoms with Crippen LogP contribution in [-0.2, 0) is 6.54 Å². The first-order valence-electron chi connectivity index (χ1n) is 7.98. The molecule has 4 rings (SSSR count). The number of anilines is 1. The van der Waals surface area contributed by atoms with Crippen LogP contribution in [-0.4, -0.2) is 51.2 Å². The van der Waals surface area contributed by atoms with Crippen molar-refractivity contribution < 1.29 is 0 Å². The Bertz CT molecular complexity index is 789. The minimum absolute atomic E-state index is 0.876. The van der Waals surface area contributed by atoms with Gasteiger partial charge in [-0.05, 0) is 12.5 Å². The van der Waals surface area contributed by atoms with Crippen LogP contribution < -0.4 is 4.90 Å². The minimum Gasteiger partial charge on any atom is -0.352 e. The van der Waals surface area contributed by atoms with Crippen LogP contribution in [0.2, 0.25) is 0 Å². The maximum Gasteiger partial charge on any atom is 0.160 e. The number of aryl methyl sites for hydroxylation is 1. The van der Waals surface area contributed by atoms with Crippen molar-refractivity contribution in [2.75, 3.05) is 31.1 Å². The van der Waals surface area contributed by atoms with Crippen molar-refractivity contribution in [1.82, 2.24) is 25.1 Å². The molecule has 0 aliphatic carbocycles. The molecule has 6 heteroatoms. The zero-order valence-corrected chi connectivity index (χ0v) is 13.2. The van der Waals surface area contributed by atoms with Crippen molar-refractivity contribution in [1.29, 1.82) is 0 Å². The van der Waals surface area contributed by atoms with Crippen molar-refractivity contribution in [2.45, 2.75) is 13.5 Å². The number of fused-ring (bicyclic) bond motifs is 1. The number of hydrogen-bond acceptors (Lipinski definition) is 5. The van der Waals surface area contributed by atoms with E-state index >= 15 is 0 Å². The summed E-state index contributed by atoms with van der Waals surface area (Å²) >= 11 is 0. The highest BCUT2D eigenvalue weighted by Crippen LogP contribution is 2.23. The Kier molecular flexibility index (Phi) is 3.67. The molecule has 3 aromatic rings. The molecule has 0 radical (unpaired) electrons. The summed E-state index contributed by atoms with van der Waals surface area (Å²) in [6.45, 7) is 6.99. The molecule has 1 aromatic carbocycles. The molecular formula is C17H20N6. The number of rotatable bonds is 3. The van der Waals surface area contributed by atoms with Gasteiger partial charge in [-0.2, -0.15) is 5.10 Å². The molecule has 1 fully saturated rings. The molecule has 1 aliphatic rings. The van der Waals surface area contributed by atoms with E-state index in [2.05, 4.69) is 60.3 Å². The molecule has 1 N–H and O–H groups in total. The van der Waals surface area contributed by atoms with E-state index in [1.54, 1.807) is 6.33 Å². The Balaban J connectivity index is 1.47. The lowest BCUT2D eigenvalue weighted by molar-refractivity contribution is 0.249. The van der Waals surface area contributed by atoms with E-state index in [-0.39, 0.29) is 0 Å². The summed E-state index contributed by atoms with van der Waals surface area (Å²) in [5.41, 5.74) is 4.16. The Hall–Kier alpha value is -2.47. The number of benzene rings is 1. The topological polar surface area (TPSA) is 60.9 Å². The van der Waals surface area contributed by atoms with E-state index in [4.69, 9.17) is 0 Å². The third kappa shape index (κ3) is 2.77. The molecule has 0 bridgehead atoms. The van der Waals surface area contributed by atoms with Gasteiger partial charge < -0.3 is 4.90 Å². The number of piperazine rings is 1. The number of H-pyrrole nitrogens is 1. The van der Waals surface area contributed by atoms with Crippen LogP contribution in [0.3, 0.4) is 0 Å². The summed E-state index contributed by atoms with van der Waals surface area (Å²) < 4.78 is 0. The summed E-state index contributed by atoms with van der Waals surface area (Å²) in [5.74, 6) is 0.943. The van der Waals surface area contributed by atoms with Gasteiger partial charge in [-0.3, -0.25) is 10.00 Å². The second-order valence-corrected chi connectivity index (χ2v) is 5.99. The molecule has 0 amide bonds. The van der Waals surface area contributed by atoms with Crippen LogP contribution >= 0.6 is 0 Å². The van der Waals surface area contributed by atoms with E-state index in [0.29, 0.717) is 0 Å². The molecule has 0 atom stereocenters. The Morgan fingerprint density at radius 3 is 2.57 bits per heavy atom. The van der Waals surface area contributed by atoms with Gasteiger partial charge in [0, 0.05) is 32.7 Å². The highest BCUT2D eigenvalue weighted by molar-refractivity contribution is 5.86. The van der Waals surface area contributed by atoms with E-state index in [0.717, 1.165) is 55.3 Å². The highest BCUT2D eigenvalue weighted by atomic mass is 15.3. The van der Waals surface area contributed by atoms with E-state index < -0.39 is 0 Å². The number of aromatic nitrogens is 4. The Morgan fingerprint density at radius 1 is 1.00 bits per heavy atom. The van der Waals surface area contributed by atoms with Crippen molar-refractivity contribution in [2.24, 2.45) is 0 Å². The molecule has 0 saturated carbocycles. The average Bonchev–Trinajstić information content (AvgIpc) is 2.98. The van der Waals surface area contributed by atoms with Gasteiger partial charge in [-0.15, -0.1) is 0 Å². The van der Waals surface area contributed by atoms with Crippen LogP contribution in [0.4, 0.5) is 5.82 Å². The van der Waals surface area contributed by atoms with E-state index in [9.17, 15) is 0 Å². The quantitative estimate of drug-likeness (QED) is 0.802. The summed E-state index contributed by atoms with van der Waals surface area (Å²) in [7, 11) is 0. The van der Waals surface area contributed by atoms with Gasteiger partial charge in [-0.25, -0.2) is 9.97 Å². The Labute approximate surface area is 135 Å². The van der Waals surface area contributed by atoms with Crippen LogP contribution in [0.15, 0.2) is 36.7 Å². The number of nitrogens with one attached hydrogen (secondary N) is 1. The van der Waals surface area contributed by atoms with Crippen LogP contribution in [0.25, 0.3) is 11.0 Å². The first-order valence-corrected chi connectivity index (χ1v) is 7.98. The number of nitrogens with zero attached hydrogens (tertiary/aromatic N) is 5. The van der Waals surface area contributed by atoms with Crippen LogP contribution in [0.1, 0.15) is 11.3 Å². The molecule has 0 unspecified atom stereocenters. The summed E-state index contributed by atoms with van der Waals surface area (Å²) in [4.78, 5) is 13.6. The predicted octanol–water partition coefficient (Wildman–Crippen LogP) is 1.98. The van der Waals surface area contributed by atoms with Crippen molar-refractivity contribution in [3.05, 3.63) is 47.9 Å². The third-order valence-corrected chi connectivity index (χ3v) is 4.41. The van der Waals surface area contributed by atoms with Gasteiger partial charge in [0.15, 0.2) is 11.3 Å². The second kappa shape index (κ2) is 5.96. The normalized spacial score (nSPS) is 16.1. The largest absolute Gasteiger partial charge is 0.352 e. The highest BCUT2D eigenvalue weighted by Gasteiger charge is 2.21. The first-order chi connectivity index (χ1) is 11.3. The molecule has 3 heterocycles. The number of aromatic amines is 1. The van der Waals surface area contributed by atoms with Gasteiger partial charge in [0.1, 0.15) is 11.8 Å². The molecule has 23 heavy (non-hydrogen) atoms.